The average molecular weight is 276 g/mol. The van der Waals surface area contributed by atoms with E-state index in [-0.39, 0.29) is 17.7 Å². The summed E-state index contributed by atoms with van der Waals surface area (Å²) in [4.78, 5) is 25.1. The number of amides is 2. The molecule has 0 saturated carbocycles. The third-order valence-corrected chi connectivity index (χ3v) is 3.19. The smallest absolute Gasteiger partial charge is 0.223 e. The Bertz CT molecular complexity index is 495. The molecule has 1 rings (SSSR count). The molecule has 0 fully saturated rings. The van der Waals surface area contributed by atoms with E-state index < -0.39 is 0 Å². The SMILES string of the molecule is CC(=O)N(CCNC(=O)C(C)C)c1cc(C)ccc1C. The summed E-state index contributed by atoms with van der Waals surface area (Å²) < 4.78 is 0. The van der Waals surface area contributed by atoms with Crippen LogP contribution in [0.2, 0.25) is 0 Å². The number of carbonyl (C=O) groups excluding carboxylic acids is 2. The van der Waals surface area contributed by atoms with E-state index in [1.807, 2.05) is 45.9 Å². The van der Waals surface area contributed by atoms with Crippen molar-refractivity contribution in [1.82, 2.24) is 5.32 Å². The number of aryl methyl sites for hydroxylation is 2. The molecule has 4 nitrogen and oxygen atoms in total. The van der Waals surface area contributed by atoms with Crippen molar-refractivity contribution in [2.75, 3.05) is 18.0 Å². The van der Waals surface area contributed by atoms with Crippen LogP contribution < -0.4 is 10.2 Å². The van der Waals surface area contributed by atoms with Crippen LogP contribution in [0.1, 0.15) is 31.9 Å². The zero-order valence-corrected chi connectivity index (χ0v) is 13.0. The van der Waals surface area contributed by atoms with Gasteiger partial charge in [0.2, 0.25) is 11.8 Å². The van der Waals surface area contributed by atoms with Gasteiger partial charge >= 0.3 is 0 Å². The predicted octanol–water partition coefficient (Wildman–Crippen LogP) is 2.43. The summed E-state index contributed by atoms with van der Waals surface area (Å²) in [6.45, 7) is 10.2. The molecule has 0 aliphatic heterocycles. The highest BCUT2D eigenvalue weighted by molar-refractivity contribution is 5.92. The third kappa shape index (κ3) is 4.37. The maximum Gasteiger partial charge on any atom is 0.223 e. The standard InChI is InChI=1S/C16H24N2O2/c1-11(2)16(20)17-8-9-18(14(5)19)15-10-12(3)6-7-13(15)4/h6-7,10-11H,8-9H2,1-5H3,(H,17,20). The van der Waals surface area contributed by atoms with Crippen LogP contribution in [0.5, 0.6) is 0 Å². The van der Waals surface area contributed by atoms with Gasteiger partial charge in [-0.05, 0) is 31.0 Å². The number of carbonyl (C=O) groups is 2. The van der Waals surface area contributed by atoms with Gasteiger partial charge in [0.25, 0.3) is 0 Å². The van der Waals surface area contributed by atoms with E-state index in [4.69, 9.17) is 0 Å². The molecule has 4 heteroatoms. The highest BCUT2D eigenvalue weighted by Crippen LogP contribution is 2.21. The van der Waals surface area contributed by atoms with Crippen molar-refractivity contribution in [3.63, 3.8) is 0 Å². The van der Waals surface area contributed by atoms with Crippen molar-refractivity contribution < 1.29 is 9.59 Å². The molecule has 1 aromatic carbocycles. The predicted molar refractivity (Wildman–Crippen MR) is 81.8 cm³/mol. The molecular weight excluding hydrogens is 252 g/mol. The van der Waals surface area contributed by atoms with Crippen molar-refractivity contribution in [2.45, 2.75) is 34.6 Å². The summed E-state index contributed by atoms with van der Waals surface area (Å²) in [5.74, 6) is -0.0477. The van der Waals surface area contributed by atoms with Gasteiger partial charge in [-0.25, -0.2) is 0 Å². The number of anilines is 1. The average Bonchev–Trinajstić information content (AvgIpc) is 2.37. The fourth-order valence-electron chi connectivity index (χ4n) is 1.95. The Balaban J connectivity index is 2.77. The summed E-state index contributed by atoms with van der Waals surface area (Å²) in [6.07, 6.45) is 0. The lowest BCUT2D eigenvalue weighted by Crippen LogP contribution is -2.39. The zero-order chi connectivity index (χ0) is 15.3. The molecule has 0 bridgehead atoms. The largest absolute Gasteiger partial charge is 0.354 e. The topological polar surface area (TPSA) is 49.4 Å². The molecule has 0 spiro atoms. The minimum atomic E-state index is -0.0403. The number of benzene rings is 1. The zero-order valence-electron chi connectivity index (χ0n) is 13.0. The highest BCUT2D eigenvalue weighted by Gasteiger charge is 2.14. The van der Waals surface area contributed by atoms with Gasteiger partial charge in [-0.1, -0.05) is 26.0 Å². The summed E-state index contributed by atoms with van der Waals surface area (Å²) >= 11 is 0. The second kappa shape index (κ2) is 7.08. The Labute approximate surface area is 121 Å². The van der Waals surface area contributed by atoms with Crippen molar-refractivity contribution >= 4 is 17.5 Å². The Morgan fingerprint density at radius 2 is 1.90 bits per heavy atom. The van der Waals surface area contributed by atoms with Gasteiger partial charge in [0.1, 0.15) is 0 Å². The van der Waals surface area contributed by atoms with Crippen molar-refractivity contribution in [3.8, 4) is 0 Å². The van der Waals surface area contributed by atoms with E-state index in [1.165, 1.54) is 0 Å². The lowest BCUT2D eigenvalue weighted by atomic mass is 10.1. The minimum Gasteiger partial charge on any atom is -0.354 e. The van der Waals surface area contributed by atoms with Crippen LogP contribution in [-0.4, -0.2) is 24.9 Å². The first kappa shape index (κ1) is 16.2. The number of rotatable bonds is 5. The van der Waals surface area contributed by atoms with Gasteiger partial charge in [0.05, 0.1) is 0 Å². The molecule has 110 valence electrons. The van der Waals surface area contributed by atoms with E-state index in [0.717, 1.165) is 16.8 Å². The Hall–Kier alpha value is -1.84. The number of hydrogen-bond donors (Lipinski definition) is 1. The maximum atomic E-state index is 11.8. The molecule has 20 heavy (non-hydrogen) atoms. The molecule has 0 aliphatic rings. The molecule has 1 N–H and O–H groups in total. The lowest BCUT2D eigenvalue weighted by Gasteiger charge is -2.24. The molecule has 1 aromatic rings. The molecule has 0 atom stereocenters. The first-order valence-electron chi connectivity index (χ1n) is 6.96. The Morgan fingerprint density at radius 1 is 1.25 bits per heavy atom. The fraction of sp³-hybridized carbons (Fsp3) is 0.500. The van der Waals surface area contributed by atoms with E-state index in [9.17, 15) is 9.59 Å². The quantitative estimate of drug-likeness (QED) is 0.898. The van der Waals surface area contributed by atoms with Crippen molar-refractivity contribution in [1.29, 1.82) is 0 Å². The van der Waals surface area contributed by atoms with Crippen molar-refractivity contribution in [3.05, 3.63) is 29.3 Å². The number of nitrogens with zero attached hydrogens (tertiary/aromatic N) is 1. The Morgan fingerprint density at radius 3 is 2.45 bits per heavy atom. The molecular formula is C16H24N2O2. The second-order valence-corrected chi connectivity index (χ2v) is 5.41. The van der Waals surface area contributed by atoms with Gasteiger partial charge in [-0.3, -0.25) is 9.59 Å². The van der Waals surface area contributed by atoms with E-state index in [0.29, 0.717) is 13.1 Å². The summed E-state index contributed by atoms with van der Waals surface area (Å²) in [6, 6.07) is 6.03. The molecule has 0 aliphatic carbocycles. The first-order chi connectivity index (χ1) is 9.32. The monoisotopic (exact) mass is 276 g/mol. The van der Waals surface area contributed by atoms with E-state index in [1.54, 1.807) is 11.8 Å². The third-order valence-electron chi connectivity index (χ3n) is 3.19. The van der Waals surface area contributed by atoms with Crippen LogP contribution in [-0.2, 0) is 9.59 Å². The normalized spacial score (nSPS) is 10.5. The van der Waals surface area contributed by atoms with E-state index >= 15 is 0 Å². The van der Waals surface area contributed by atoms with Gasteiger partial charge in [-0.2, -0.15) is 0 Å². The molecule has 0 saturated heterocycles. The van der Waals surface area contributed by atoms with E-state index in [2.05, 4.69) is 5.32 Å². The summed E-state index contributed by atoms with van der Waals surface area (Å²) in [7, 11) is 0. The van der Waals surface area contributed by atoms with Gasteiger partial charge in [0.15, 0.2) is 0 Å². The number of hydrogen-bond acceptors (Lipinski definition) is 2. The van der Waals surface area contributed by atoms with Crippen LogP contribution >= 0.6 is 0 Å². The molecule has 2 amide bonds. The van der Waals surface area contributed by atoms with Crippen LogP contribution in [0.25, 0.3) is 0 Å². The summed E-state index contributed by atoms with van der Waals surface area (Å²) in [5.41, 5.74) is 3.08. The minimum absolute atomic E-state index is 0.00877. The Kier molecular flexibility index (Phi) is 5.74. The maximum absolute atomic E-state index is 11.8. The van der Waals surface area contributed by atoms with Crippen LogP contribution in [0, 0.1) is 19.8 Å². The van der Waals surface area contributed by atoms with Gasteiger partial charge < -0.3 is 10.2 Å². The van der Waals surface area contributed by atoms with Gasteiger partial charge in [0, 0.05) is 31.6 Å². The van der Waals surface area contributed by atoms with Crippen LogP contribution in [0.4, 0.5) is 5.69 Å². The lowest BCUT2D eigenvalue weighted by molar-refractivity contribution is -0.124. The molecule has 0 heterocycles. The molecule has 0 radical (unpaired) electrons. The van der Waals surface area contributed by atoms with Crippen molar-refractivity contribution in [2.24, 2.45) is 5.92 Å². The van der Waals surface area contributed by atoms with Gasteiger partial charge in [-0.15, -0.1) is 0 Å². The van der Waals surface area contributed by atoms with Crippen LogP contribution in [0.15, 0.2) is 18.2 Å². The summed E-state index contributed by atoms with van der Waals surface area (Å²) in [5, 5.41) is 2.84. The second-order valence-electron chi connectivity index (χ2n) is 5.41. The molecule has 0 aromatic heterocycles. The first-order valence-corrected chi connectivity index (χ1v) is 6.96. The fourth-order valence-corrected chi connectivity index (χ4v) is 1.95. The van der Waals surface area contributed by atoms with Crippen LogP contribution in [0.3, 0.4) is 0 Å². The highest BCUT2D eigenvalue weighted by atomic mass is 16.2. The molecule has 0 unspecified atom stereocenters. The number of nitrogens with one attached hydrogen (secondary N) is 1.